The number of ether oxygens (including phenoxy) is 1. The van der Waals surface area contributed by atoms with Gasteiger partial charge in [-0.15, -0.1) is 0 Å². The number of aliphatic carboxylic acids is 1. The Bertz CT molecular complexity index is 469. The summed E-state index contributed by atoms with van der Waals surface area (Å²) in [6.07, 6.45) is 6.33. The van der Waals surface area contributed by atoms with Gasteiger partial charge in [0.1, 0.15) is 5.75 Å². The maximum absolute atomic E-state index is 11.7. The van der Waals surface area contributed by atoms with E-state index in [2.05, 4.69) is 6.92 Å². The highest BCUT2D eigenvalue weighted by molar-refractivity contribution is 5.70. The Kier molecular flexibility index (Phi) is 5.66. The van der Waals surface area contributed by atoms with Crippen LogP contribution in [0, 0.1) is 17.8 Å². The minimum absolute atomic E-state index is 0.272. The molecule has 0 amide bonds. The molecule has 1 fully saturated rings. The van der Waals surface area contributed by atoms with Gasteiger partial charge in [0, 0.05) is 0 Å². The number of benzene rings is 1. The summed E-state index contributed by atoms with van der Waals surface area (Å²) in [5.74, 6) is 0.890. The summed E-state index contributed by atoms with van der Waals surface area (Å²) < 4.78 is 5.23. The van der Waals surface area contributed by atoms with Crippen molar-refractivity contribution in [1.29, 1.82) is 0 Å². The number of methoxy groups -OCH3 is 1. The van der Waals surface area contributed by atoms with Gasteiger partial charge in [-0.3, -0.25) is 4.79 Å². The second kappa shape index (κ2) is 7.48. The van der Waals surface area contributed by atoms with Crippen LogP contribution in [0.1, 0.15) is 44.6 Å². The molecule has 3 heteroatoms. The van der Waals surface area contributed by atoms with E-state index in [9.17, 15) is 9.90 Å². The predicted octanol–water partition coefficient (Wildman–Crippen LogP) is 4.15. The van der Waals surface area contributed by atoms with Gasteiger partial charge in [-0.1, -0.05) is 38.3 Å². The van der Waals surface area contributed by atoms with E-state index in [1.165, 1.54) is 19.3 Å². The van der Waals surface area contributed by atoms with Gasteiger partial charge >= 0.3 is 5.97 Å². The molecule has 21 heavy (non-hydrogen) atoms. The van der Waals surface area contributed by atoms with E-state index in [0.29, 0.717) is 18.3 Å². The monoisotopic (exact) mass is 290 g/mol. The first-order valence-corrected chi connectivity index (χ1v) is 7.99. The lowest BCUT2D eigenvalue weighted by molar-refractivity contribution is -0.144. The number of hydrogen-bond acceptors (Lipinski definition) is 2. The van der Waals surface area contributed by atoms with Crippen molar-refractivity contribution in [1.82, 2.24) is 0 Å². The van der Waals surface area contributed by atoms with E-state index >= 15 is 0 Å². The molecule has 1 aromatic rings. The zero-order valence-corrected chi connectivity index (χ0v) is 13.0. The molecule has 116 valence electrons. The van der Waals surface area contributed by atoms with Crippen LogP contribution in [0.15, 0.2) is 24.3 Å². The molecule has 0 saturated heterocycles. The third-order valence-electron chi connectivity index (χ3n) is 4.88. The highest BCUT2D eigenvalue weighted by Gasteiger charge is 2.32. The van der Waals surface area contributed by atoms with E-state index < -0.39 is 5.97 Å². The third-order valence-corrected chi connectivity index (χ3v) is 4.88. The maximum atomic E-state index is 11.7. The van der Waals surface area contributed by atoms with E-state index in [1.807, 2.05) is 24.3 Å². The number of carboxylic acids is 1. The van der Waals surface area contributed by atoms with Crippen LogP contribution in [-0.4, -0.2) is 18.2 Å². The molecule has 0 aromatic heterocycles. The summed E-state index contributed by atoms with van der Waals surface area (Å²) in [7, 11) is 1.64. The molecule has 1 N–H and O–H groups in total. The van der Waals surface area contributed by atoms with Crippen LogP contribution in [0.4, 0.5) is 0 Å². The number of carbonyl (C=O) groups is 1. The minimum Gasteiger partial charge on any atom is -0.497 e. The molecule has 2 rings (SSSR count). The molecule has 1 saturated carbocycles. The standard InChI is InChI=1S/C18H26O3/c1-3-13-6-4-8-15(10-13)17(18(19)20)12-14-7-5-9-16(11-14)21-2/h5,7,9,11,13,15,17H,3-4,6,8,10,12H2,1-2H3,(H,19,20). The SMILES string of the molecule is CCC1CCCC(C(Cc2cccc(OC)c2)C(=O)O)C1. The van der Waals surface area contributed by atoms with Crippen molar-refractivity contribution in [2.24, 2.45) is 17.8 Å². The maximum Gasteiger partial charge on any atom is 0.307 e. The normalized spacial score (nSPS) is 23.5. The van der Waals surface area contributed by atoms with Crippen LogP contribution >= 0.6 is 0 Å². The minimum atomic E-state index is -0.653. The van der Waals surface area contributed by atoms with Gasteiger partial charge in [0.05, 0.1) is 13.0 Å². The van der Waals surface area contributed by atoms with Gasteiger partial charge < -0.3 is 9.84 Å². The van der Waals surface area contributed by atoms with Crippen LogP contribution < -0.4 is 4.74 Å². The van der Waals surface area contributed by atoms with Crippen molar-refractivity contribution in [2.75, 3.05) is 7.11 Å². The molecule has 0 aliphatic heterocycles. The van der Waals surface area contributed by atoms with Crippen LogP contribution in [-0.2, 0) is 11.2 Å². The molecular formula is C18H26O3. The molecular weight excluding hydrogens is 264 g/mol. The van der Waals surface area contributed by atoms with Crippen molar-refractivity contribution in [3.8, 4) is 5.75 Å². The van der Waals surface area contributed by atoms with Crippen LogP contribution in [0.25, 0.3) is 0 Å². The number of hydrogen-bond donors (Lipinski definition) is 1. The fourth-order valence-electron chi connectivity index (χ4n) is 3.58. The van der Waals surface area contributed by atoms with Crippen molar-refractivity contribution in [3.63, 3.8) is 0 Å². The summed E-state index contributed by atoms with van der Waals surface area (Å²) in [6, 6.07) is 7.78. The Morgan fingerprint density at radius 1 is 1.43 bits per heavy atom. The molecule has 0 spiro atoms. The highest BCUT2D eigenvalue weighted by Crippen LogP contribution is 2.37. The lowest BCUT2D eigenvalue weighted by Crippen LogP contribution is -2.30. The molecule has 3 nitrogen and oxygen atoms in total. The quantitative estimate of drug-likeness (QED) is 0.856. The summed E-state index contributed by atoms with van der Waals surface area (Å²) in [6.45, 7) is 2.21. The number of carboxylic acid groups (broad SMARTS) is 1. The van der Waals surface area contributed by atoms with Gasteiger partial charge in [0.25, 0.3) is 0 Å². The summed E-state index contributed by atoms with van der Waals surface area (Å²) in [5, 5.41) is 9.64. The van der Waals surface area contributed by atoms with E-state index in [0.717, 1.165) is 24.2 Å². The zero-order valence-electron chi connectivity index (χ0n) is 13.0. The van der Waals surface area contributed by atoms with Gasteiger partial charge in [0.15, 0.2) is 0 Å². The second-order valence-corrected chi connectivity index (χ2v) is 6.20. The van der Waals surface area contributed by atoms with Crippen LogP contribution in [0.3, 0.4) is 0 Å². The van der Waals surface area contributed by atoms with E-state index in [-0.39, 0.29) is 5.92 Å². The lowest BCUT2D eigenvalue weighted by atomic mass is 9.72. The average Bonchev–Trinajstić information content (AvgIpc) is 2.52. The van der Waals surface area contributed by atoms with Crippen LogP contribution in [0.2, 0.25) is 0 Å². The molecule has 3 unspecified atom stereocenters. The second-order valence-electron chi connectivity index (χ2n) is 6.20. The fourth-order valence-corrected chi connectivity index (χ4v) is 3.58. The number of rotatable bonds is 6. The molecule has 0 heterocycles. The van der Waals surface area contributed by atoms with E-state index in [1.54, 1.807) is 7.11 Å². The lowest BCUT2D eigenvalue weighted by Gasteiger charge is -2.32. The van der Waals surface area contributed by atoms with E-state index in [4.69, 9.17) is 4.74 Å². The fraction of sp³-hybridized carbons (Fsp3) is 0.611. The first kappa shape index (κ1) is 15.9. The van der Waals surface area contributed by atoms with Crippen molar-refractivity contribution in [3.05, 3.63) is 29.8 Å². The van der Waals surface area contributed by atoms with Gasteiger partial charge in [0.2, 0.25) is 0 Å². The summed E-state index contributed by atoms with van der Waals surface area (Å²) in [5.41, 5.74) is 1.06. The summed E-state index contributed by atoms with van der Waals surface area (Å²) >= 11 is 0. The molecule has 3 atom stereocenters. The highest BCUT2D eigenvalue weighted by atomic mass is 16.5. The van der Waals surface area contributed by atoms with Gasteiger partial charge in [-0.25, -0.2) is 0 Å². The van der Waals surface area contributed by atoms with Crippen molar-refractivity contribution in [2.45, 2.75) is 45.4 Å². The van der Waals surface area contributed by atoms with Crippen LogP contribution in [0.5, 0.6) is 5.75 Å². The molecule has 1 aromatic carbocycles. The van der Waals surface area contributed by atoms with Gasteiger partial charge in [-0.05, 0) is 48.8 Å². The predicted molar refractivity (Wildman–Crippen MR) is 83.6 cm³/mol. The Labute approximate surface area is 127 Å². The Morgan fingerprint density at radius 2 is 2.24 bits per heavy atom. The van der Waals surface area contributed by atoms with Gasteiger partial charge in [-0.2, -0.15) is 0 Å². The summed E-state index contributed by atoms with van der Waals surface area (Å²) in [4.78, 5) is 11.7. The Balaban J connectivity index is 2.09. The molecule has 1 aliphatic rings. The molecule has 0 bridgehead atoms. The molecule has 0 radical (unpaired) electrons. The molecule has 1 aliphatic carbocycles. The smallest absolute Gasteiger partial charge is 0.307 e. The third kappa shape index (κ3) is 4.23. The topological polar surface area (TPSA) is 46.5 Å². The zero-order chi connectivity index (χ0) is 15.2. The Hall–Kier alpha value is -1.51. The first-order chi connectivity index (χ1) is 10.1. The van der Waals surface area contributed by atoms with Crippen molar-refractivity contribution < 1.29 is 14.6 Å². The Morgan fingerprint density at radius 3 is 2.90 bits per heavy atom. The van der Waals surface area contributed by atoms with Crippen molar-refractivity contribution >= 4 is 5.97 Å². The first-order valence-electron chi connectivity index (χ1n) is 7.99. The largest absolute Gasteiger partial charge is 0.497 e. The average molecular weight is 290 g/mol.